The lowest BCUT2D eigenvalue weighted by atomic mass is 9.99. The molecule has 0 spiro atoms. The molecule has 1 aromatic carbocycles. The summed E-state index contributed by atoms with van der Waals surface area (Å²) in [4.78, 5) is 23.3. The summed E-state index contributed by atoms with van der Waals surface area (Å²) in [5.41, 5.74) is 0.625. The topological polar surface area (TPSA) is 83.0 Å². The smallest absolute Gasteiger partial charge is 0.168 e. The molecule has 0 unspecified atom stereocenters. The first-order valence-electron chi connectivity index (χ1n) is 8.79. The van der Waals surface area contributed by atoms with E-state index in [9.17, 15) is 14.7 Å². The number of aliphatic carboxylic acids is 1. The van der Waals surface area contributed by atoms with Gasteiger partial charge >= 0.3 is 0 Å². The number of quaternary nitrogens is 1. The molecule has 2 N–H and O–H groups in total. The van der Waals surface area contributed by atoms with Crippen LogP contribution in [0.5, 0.6) is 5.75 Å². The number of benzene rings is 1. The molecule has 0 fully saturated rings. The fourth-order valence-corrected chi connectivity index (χ4v) is 2.42. The largest absolute Gasteiger partial charge is 0.544 e. The number of hydrogen-bond donors (Lipinski definition) is 1. The number of carboxylic acids is 1. The van der Waals surface area contributed by atoms with Crippen molar-refractivity contribution in [3.63, 3.8) is 0 Å². The van der Waals surface area contributed by atoms with E-state index in [4.69, 9.17) is 4.74 Å². The van der Waals surface area contributed by atoms with Crippen molar-refractivity contribution in [3.8, 4) is 5.75 Å². The highest BCUT2D eigenvalue weighted by atomic mass is 16.5. The molecule has 5 heteroatoms. The van der Waals surface area contributed by atoms with Gasteiger partial charge in [0.15, 0.2) is 5.78 Å². The maximum atomic E-state index is 12.2. The van der Waals surface area contributed by atoms with Crippen molar-refractivity contribution in [2.75, 3.05) is 13.2 Å². The molecule has 0 aliphatic rings. The van der Waals surface area contributed by atoms with Crippen molar-refractivity contribution in [1.29, 1.82) is 0 Å². The maximum absolute atomic E-state index is 12.2. The molecule has 0 heterocycles. The van der Waals surface area contributed by atoms with Crippen molar-refractivity contribution in [2.24, 2.45) is 5.92 Å². The van der Waals surface area contributed by atoms with Crippen LogP contribution in [0.25, 0.3) is 0 Å². The van der Waals surface area contributed by atoms with Crippen LogP contribution in [-0.2, 0) is 4.79 Å². The van der Waals surface area contributed by atoms with Crippen molar-refractivity contribution in [2.45, 2.75) is 52.5 Å². The lowest BCUT2D eigenvalue weighted by molar-refractivity contribution is -0.688. The molecule has 2 atom stereocenters. The fourth-order valence-electron chi connectivity index (χ4n) is 2.42. The minimum Gasteiger partial charge on any atom is -0.544 e. The Kier molecular flexibility index (Phi) is 9.08. The summed E-state index contributed by atoms with van der Waals surface area (Å²) in [7, 11) is 0. The lowest BCUT2D eigenvalue weighted by Gasteiger charge is -2.21. The normalized spacial score (nSPS) is 13.3. The predicted molar refractivity (Wildman–Crippen MR) is 90.8 cm³/mol. The zero-order valence-corrected chi connectivity index (χ0v) is 14.9. The third-order valence-corrected chi connectivity index (χ3v) is 4.26. The van der Waals surface area contributed by atoms with Gasteiger partial charge in [0.05, 0.1) is 25.5 Å². The van der Waals surface area contributed by atoms with E-state index in [1.165, 1.54) is 0 Å². The monoisotopic (exact) mass is 335 g/mol. The van der Waals surface area contributed by atoms with Crippen LogP contribution >= 0.6 is 0 Å². The minimum atomic E-state index is -1.06. The molecular formula is C19H29NO4. The van der Waals surface area contributed by atoms with Gasteiger partial charge in [-0.3, -0.25) is 4.79 Å². The molecule has 24 heavy (non-hydrogen) atoms. The average molecular weight is 335 g/mol. The molecule has 0 saturated carbocycles. The third-order valence-electron chi connectivity index (χ3n) is 4.26. The summed E-state index contributed by atoms with van der Waals surface area (Å²) in [5.74, 6) is -0.275. The summed E-state index contributed by atoms with van der Waals surface area (Å²) in [5, 5.41) is 12.8. The van der Waals surface area contributed by atoms with E-state index < -0.39 is 12.0 Å². The number of carbonyl (C=O) groups is 2. The molecule has 0 saturated heterocycles. The van der Waals surface area contributed by atoms with Gasteiger partial charge in [0.25, 0.3) is 0 Å². The summed E-state index contributed by atoms with van der Waals surface area (Å²) in [6.45, 7) is 7.06. The first-order valence-corrected chi connectivity index (χ1v) is 8.79. The number of Topliss-reactive ketones (excluding diaryl/α,β-unsaturated/α-hetero) is 1. The van der Waals surface area contributed by atoms with Gasteiger partial charge in [0.1, 0.15) is 11.8 Å². The zero-order chi connectivity index (χ0) is 17.9. The molecule has 0 aromatic heterocycles. The Morgan fingerprint density at radius 3 is 2.42 bits per heavy atom. The van der Waals surface area contributed by atoms with E-state index in [1.807, 2.05) is 13.8 Å². The molecule has 0 bridgehead atoms. The summed E-state index contributed by atoms with van der Waals surface area (Å²) in [6, 6.07) is 6.52. The highest BCUT2D eigenvalue weighted by Gasteiger charge is 2.20. The third kappa shape index (κ3) is 6.71. The number of hydrogen-bond acceptors (Lipinski definition) is 4. The number of carbonyl (C=O) groups excluding carboxylic acids is 2. The molecular weight excluding hydrogens is 306 g/mol. The van der Waals surface area contributed by atoms with E-state index >= 15 is 0 Å². The average Bonchev–Trinajstić information content (AvgIpc) is 2.58. The lowest BCUT2D eigenvalue weighted by Crippen LogP contribution is -2.94. The number of rotatable bonds is 12. The second-order valence-corrected chi connectivity index (χ2v) is 6.15. The summed E-state index contributed by atoms with van der Waals surface area (Å²) >= 11 is 0. The Balaban J connectivity index is 2.45. The highest BCUT2D eigenvalue weighted by Crippen LogP contribution is 2.13. The Hall–Kier alpha value is -1.88. The van der Waals surface area contributed by atoms with Gasteiger partial charge in [0, 0.05) is 11.5 Å². The molecule has 1 aromatic rings. The van der Waals surface area contributed by atoms with E-state index in [1.54, 1.807) is 29.6 Å². The molecule has 134 valence electrons. The first-order chi connectivity index (χ1) is 11.5. The Bertz CT molecular complexity index is 513. The van der Waals surface area contributed by atoms with Gasteiger partial charge in [-0.25, -0.2) is 0 Å². The standard InChI is InChI=1S/C19H29NO4/c1-4-6-13-24-16-9-7-15(8-10-16)17(21)11-12-20-18(19(22)23)14(3)5-2/h7-10,14,18,20H,4-6,11-13H2,1-3H3,(H,22,23)/t14-,18-/m1/s1. The second kappa shape index (κ2) is 10.8. The first kappa shape index (κ1) is 20.2. The zero-order valence-electron chi connectivity index (χ0n) is 14.9. The van der Waals surface area contributed by atoms with Crippen molar-refractivity contribution < 1.29 is 24.7 Å². The van der Waals surface area contributed by atoms with Crippen molar-refractivity contribution >= 4 is 11.8 Å². The van der Waals surface area contributed by atoms with E-state index in [2.05, 4.69) is 6.92 Å². The van der Waals surface area contributed by atoms with E-state index in [0.29, 0.717) is 25.1 Å². The molecule has 0 amide bonds. The molecule has 0 radical (unpaired) electrons. The van der Waals surface area contributed by atoms with Crippen LogP contribution in [0.2, 0.25) is 0 Å². The summed E-state index contributed by atoms with van der Waals surface area (Å²) in [6.07, 6.45) is 3.15. The molecule has 5 nitrogen and oxygen atoms in total. The van der Waals surface area contributed by atoms with Crippen LogP contribution in [0.15, 0.2) is 24.3 Å². The predicted octanol–water partition coefficient (Wildman–Crippen LogP) is 1.17. The highest BCUT2D eigenvalue weighted by molar-refractivity contribution is 5.96. The number of carboxylic acid groups (broad SMARTS) is 1. The second-order valence-electron chi connectivity index (χ2n) is 6.15. The van der Waals surface area contributed by atoms with Crippen LogP contribution in [0.3, 0.4) is 0 Å². The van der Waals surface area contributed by atoms with Gasteiger partial charge in [-0.15, -0.1) is 0 Å². The SMILES string of the molecule is CCCCOc1ccc(C(=O)CC[NH2+][C@@H](C(=O)[O-])[C@H](C)CC)cc1. The van der Waals surface area contributed by atoms with Crippen LogP contribution < -0.4 is 15.2 Å². The molecule has 1 rings (SSSR count). The van der Waals surface area contributed by atoms with Crippen molar-refractivity contribution in [3.05, 3.63) is 29.8 Å². The van der Waals surface area contributed by atoms with Crippen LogP contribution in [-0.4, -0.2) is 30.9 Å². The quantitative estimate of drug-likeness (QED) is 0.459. The van der Waals surface area contributed by atoms with E-state index in [-0.39, 0.29) is 11.7 Å². The Morgan fingerprint density at radius 2 is 1.88 bits per heavy atom. The summed E-state index contributed by atoms with van der Waals surface area (Å²) < 4.78 is 5.57. The Morgan fingerprint density at radius 1 is 1.21 bits per heavy atom. The molecule has 0 aliphatic heterocycles. The van der Waals surface area contributed by atoms with Gasteiger partial charge in [-0.2, -0.15) is 0 Å². The van der Waals surface area contributed by atoms with Crippen LogP contribution in [0.1, 0.15) is 56.8 Å². The van der Waals surface area contributed by atoms with Gasteiger partial charge in [-0.1, -0.05) is 27.2 Å². The van der Waals surface area contributed by atoms with Crippen molar-refractivity contribution in [1.82, 2.24) is 0 Å². The fraction of sp³-hybridized carbons (Fsp3) is 0.579. The number of unbranched alkanes of at least 4 members (excludes halogenated alkanes) is 1. The van der Waals surface area contributed by atoms with E-state index in [0.717, 1.165) is 25.0 Å². The van der Waals surface area contributed by atoms with Crippen LogP contribution in [0, 0.1) is 5.92 Å². The van der Waals surface area contributed by atoms with Crippen LogP contribution in [0.4, 0.5) is 0 Å². The van der Waals surface area contributed by atoms with Gasteiger partial charge < -0.3 is 20.0 Å². The number of ether oxygens (including phenoxy) is 1. The Labute approximate surface area is 144 Å². The van der Waals surface area contributed by atoms with Gasteiger partial charge in [0.2, 0.25) is 0 Å². The maximum Gasteiger partial charge on any atom is 0.168 e. The van der Waals surface area contributed by atoms with Gasteiger partial charge in [-0.05, 0) is 37.1 Å². The number of ketones is 1. The number of nitrogens with two attached hydrogens (primary N) is 1. The minimum absolute atomic E-state index is 0.00704. The molecule has 0 aliphatic carbocycles.